The van der Waals surface area contributed by atoms with Crippen LogP contribution < -0.4 is 14.8 Å². The van der Waals surface area contributed by atoms with Gasteiger partial charge in [0.25, 0.3) is 0 Å². The molecule has 1 fully saturated rings. The monoisotopic (exact) mass is 376 g/mol. The number of rotatable bonds is 8. The summed E-state index contributed by atoms with van der Waals surface area (Å²) in [6, 6.07) is 5.85. The van der Waals surface area contributed by atoms with Crippen LogP contribution >= 0.6 is 11.8 Å². The summed E-state index contributed by atoms with van der Waals surface area (Å²) < 4.78 is 12.8. The lowest BCUT2D eigenvalue weighted by Gasteiger charge is -2.18. The molecule has 1 aliphatic rings. The summed E-state index contributed by atoms with van der Waals surface area (Å²) >= 11 is 1.42. The van der Waals surface area contributed by atoms with Gasteiger partial charge in [-0.3, -0.25) is 4.79 Å². The number of aromatic nitrogens is 3. The molecule has 2 aromatic rings. The molecule has 140 valence electrons. The predicted molar refractivity (Wildman–Crippen MR) is 99.9 cm³/mol. The van der Waals surface area contributed by atoms with Crippen molar-refractivity contribution in [3.05, 3.63) is 29.6 Å². The van der Waals surface area contributed by atoms with Gasteiger partial charge >= 0.3 is 0 Å². The Morgan fingerprint density at radius 2 is 2.12 bits per heavy atom. The molecule has 1 N–H and O–H groups in total. The minimum Gasteiger partial charge on any atom is -0.497 e. The molecule has 1 aliphatic carbocycles. The zero-order valence-corrected chi connectivity index (χ0v) is 16.3. The normalized spacial score (nSPS) is 14.8. The second kappa shape index (κ2) is 7.99. The highest BCUT2D eigenvalue weighted by molar-refractivity contribution is 7.99. The van der Waals surface area contributed by atoms with E-state index in [0.717, 1.165) is 40.9 Å². The molecule has 1 amide bonds. The maximum Gasteiger partial charge on any atom is 0.230 e. The molecule has 0 spiro atoms. The number of hydrogen-bond donors (Lipinski definition) is 1. The summed E-state index contributed by atoms with van der Waals surface area (Å²) in [5.74, 6) is 2.58. The van der Waals surface area contributed by atoms with Gasteiger partial charge in [-0.1, -0.05) is 11.8 Å². The lowest BCUT2D eigenvalue weighted by Crippen LogP contribution is -2.28. The molecule has 0 unspecified atom stereocenters. The second-order valence-electron chi connectivity index (χ2n) is 6.32. The number of ether oxygens (including phenoxy) is 2. The van der Waals surface area contributed by atoms with E-state index >= 15 is 0 Å². The van der Waals surface area contributed by atoms with Crippen molar-refractivity contribution in [1.29, 1.82) is 0 Å². The topological polar surface area (TPSA) is 78.3 Å². The molecule has 0 bridgehead atoms. The zero-order valence-electron chi connectivity index (χ0n) is 15.5. The standard InChI is InChI=1S/C18H24N4O3S/c1-11(15-9-14(24-3)7-8-16(15)25-4)19-17(23)10-26-18-21-20-12(2)22(18)13-5-6-13/h7-9,11,13H,5-6,10H2,1-4H3,(H,19,23)/t11-/m1/s1. The van der Waals surface area contributed by atoms with E-state index < -0.39 is 0 Å². The lowest BCUT2D eigenvalue weighted by molar-refractivity contribution is -0.119. The third-order valence-electron chi connectivity index (χ3n) is 4.36. The van der Waals surface area contributed by atoms with Gasteiger partial charge in [-0.25, -0.2) is 0 Å². The minimum absolute atomic E-state index is 0.0598. The van der Waals surface area contributed by atoms with Gasteiger partial charge in [0, 0.05) is 11.6 Å². The first-order chi connectivity index (χ1) is 12.5. The summed E-state index contributed by atoms with van der Waals surface area (Å²) in [5, 5.41) is 12.2. The van der Waals surface area contributed by atoms with E-state index in [1.807, 2.05) is 32.0 Å². The van der Waals surface area contributed by atoms with E-state index in [1.165, 1.54) is 11.8 Å². The molecule has 1 saturated carbocycles. The van der Waals surface area contributed by atoms with E-state index in [9.17, 15) is 4.79 Å². The number of carbonyl (C=O) groups excluding carboxylic acids is 1. The van der Waals surface area contributed by atoms with Crippen LogP contribution in [-0.2, 0) is 4.79 Å². The molecule has 0 radical (unpaired) electrons. The van der Waals surface area contributed by atoms with Crippen molar-refractivity contribution in [3.63, 3.8) is 0 Å². The number of carbonyl (C=O) groups is 1. The first kappa shape index (κ1) is 18.6. The Kier molecular flexibility index (Phi) is 5.70. The maximum absolute atomic E-state index is 12.4. The Bertz CT molecular complexity index is 789. The van der Waals surface area contributed by atoms with Gasteiger partial charge in [-0.15, -0.1) is 10.2 Å². The molecule has 7 nitrogen and oxygen atoms in total. The smallest absolute Gasteiger partial charge is 0.230 e. The van der Waals surface area contributed by atoms with Gasteiger partial charge in [0.2, 0.25) is 5.91 Å². The lowest BCUT2D eigenvalue weighted by atomic mass is 10.1. The van der Waals surface area contributed by atoms with Crippen LogP contribution in [0.25, 0.3) is 0 Å². The number of hydrogen-bond acceptors (Lipinski definition) is 6. The average molecular weight is 376 g/mol. The van der Waals surface area contributed by atoms with Crippen LogP contribution in [0, 0.1) is 6.92 Å². The Balaban J connectivity index is 1.61. The molecule has 1 aromatic carbocycles. The van der Waals surface area contributed by atoms with E-state index in [0.29, 0.717) is 11.8 Å². The molecule has 0 aliphatic heterocycles. The highest BCUT2D eigenvalue weighted by Gasteiger charge is 2.28. The number of methoxy groups -OCH3 is 2. The minimum atomic E-state index is -0.198. The van der Waals surface area contributed by atoms with Gasteiger partial charge in [0.15, 0.2) is 5.16 Å². The fourth-order valence-electron chi connectivity index (χ4n) is 2.87. The molecule has 1 heterocycles. The van der Waals surface area contributed by atoms with Crippen molar-refractivity contribution in [2.24, 2.45) is 0 Å². The number of aryl methyl sites for hydroxylation is 1. The fourth-order valence-corrected chi connectivity index (χ4v) is 3.73. The molecule has 26 heavy (non-hydrogen) atoms. The average Bonchev–Trinajstić information content (AvgIpc) is 3.41. The van der Waals surface area contributed by atoms with Crippen LogP contribution in [0.4, 0.5) is 0 Å². The fraction of sp³-hybridized carbons (Fsp3) is 0.500. The van der Waals surface area contributed by atoms with Crippen LogP contribution in [0.3, 0.4) is 0 Å². The van der Waals surface area contributed by atoms with Gasteiger partial charge < -0.3 is 19.4 Å². The van der Waals surface area contributed by atoms with Gasteiger partial charge in [0.05, 0.1) is 26.0 Å². The van der Waals surface area contributed by atoms with Crippen LogP contribution in [0.2, 0.25) is 0 Å². The van der Waals surface area contributed by atoms with Crippen LogP contribution in [0.1, 0.15) is 43.2 Å². The molecule has 0 saturated heterocycles. The number of thioether (sulfide) groups is 1. The summed E-state index contributed by atoms with van der Waals surface area (Å²) in [6.45, 7) is 3.88. The number of amides is 1. The third-order valence-corrected chi connectivity index (χ3v) is 5.30. The van der Waals surface area contributed by atoms with Crippen molar-refractivity contribution in [3.8, 4) is 11.5 Å². The number of benzene rings is 1. The summed E-state index contributed by atoms with van der Waals surface area (Å²) in [7, 11) is 3.23. The van der Waals surface area contributed by atoms with E-state index in [4.69, 9.17) is 9.47 Å². The molecular formula is C18H24N4O3S. The van der Waals surface area contributed by atoms with Crippen LogP contribution in [0.5, 0.6) is 11.5 Å². The summed E-state index contributed by atoms with van der Waals surface area (Å²) in [6.07, 6.45) is 2.32. The first-order valence-corrected chi connectivity index (χ1v) is 9.57. The first-order valence-electron chi connectivity index (χ1n) is 8.59. The van der Waals surface area contributed by atoms with Crippen molar-refractivity contribution in [1.82, 2.24) is 20.1 Å². The van der Waals surface area contributed by atoms with Crippen LogP contribution in [-0.4, -0.2) is 40.6 Å². The number of nitrogens with zero attached hydrogens (tertiary/aromatic N) is 3. The van der Waals surface area contributed by atoms with Crippen molar-refractivity contribution < 1.29 is 14.3 Å². The Hall–Kier alpha value is -2.22. The van der Waals surface area contributed by atoms with E-state index in [2.05, 4.69) is 20.1 Å². The molecule has 8 heteroatoms. The predicted octanol–water partition coefficient (Wildman–Crippen LogP) is 2.91. The second-order valence-corrected chi connectivity index (χ2v) is 7.26. The summed E-state index contributed by atoms with van der Waals surface area (Å²) in [4.78, 5) is 12.4. The Labute approximate surface area is 157 Å². The third kappa shape index (κ3) is 4.12. The SMILES string of the molecule is COc1ccc(OC)c([C@@H](C)NC(=O)CSc2nnc(C)n2C2CC2)c1. The van der Waals surface area contributed by atoms with Crippen molar-refractivity contribution in [2.45, 2.75) is 43.9 Å². The Morgan fingerprint density at radius 1 is 1.35 bits per heavy atom. The van der Waals surface area contributed by atoms with Gasteiger partial charge in [-0.2, -0.15) is 0 Å². The molecule has 1 atom stereocenters. The van der Waals surface area contributed by atoms with E-state index in [1.54, 1.807) is 14.2 Å². The molecular weight excluding hydrogens is 352 g/mol. The Morgan fingerprint density at radius 3 is 2.77 bits per heavy atom. The quantitative estimate of drug-likeness (QED) is 0.714. The molecule has 1 aromatic heterocycles. The van der Waals surface area contributed by atoms with Gasteiger partial charge in [0.1, 0.15) is 17.3 Å². The molecule has 3 rings (SSSR count). The summed E-state index contributed by atoms with van der Waals surface area (Å²) in [5.41, 5.74) is 0.877. The highest BCUT2D eigenvalue weighted by atomic mass is 32.2. The number of nitrogens with one attached hydrogen (secondary N) is 1. The zero-order chi connectivity index (χ0) is 18.7. The largest absolute Gasteiger partial charge is 0.497 e. The maximum atomic E-state index is 12.4. The van der Waals surface area contributed by atoms with Crippen molar-refractivity contribution in [2.75, 3.05) is 20.0 Å². The highest BCUT2D eigenvalue weighted by Crippen LogP contribution is 2.38. The van der Waals surface area contributed by atoms with E-state index in [-0.39, 0.29) is 11.9 Å². The van der Waals surface area contributed by atoms with Gasteiger partial charge in [-0.05, 0) is 44.9 Å². The van der Waals surface area contributed by atoms with Crippen molar-refractivity contribution >= 4 is 17.7 Å². The van der Waals surface area contributed by atoms with Crippen LogP contribution in [0.15, 0.2) is 23.4 Å².